The van der Waals surface area contributed by atoms with Crippen molar-refractivity contribution in [1.82, 2.24) is 10.3 Å². The fourth-order valence-corrected chi connectivity index (χ4v) is 7.16. The summed E-state index contributed by atoms with van der Waals surface area (Å²) < 4.78 is 0. The van der Waals surface area contributed by atoms with E-state index in [-0.39, 0.29) is 0 Å². The van der Waals surface area contributed by atoms with E-state index >= 15 is 0 Å². The Labute approximate surface area is 140 Å². The van der Waals surface area contributed by atoms with Crippen LogP contribution >= 0.6 is 22.7 Å². The Morgan fingerprint density at radius 2 is 1.86 bits per heavy atom. The van der Waals surface area contributed by atoms with Crippen molar-refractivity contribution in [2.75, 3.05) is 0 Å². The molecule has 4 aliphatic carbocycles. The Morgan fingerprint density at radius 1 is 1.14 bits per heavy atom. The zero-order valence-corrected chi connectivity index (χ0v) is 14.4. The van der Waals surface area contributed by atoms with Gasteiger partial charge in [-0.05, 0) is 67.7 Å². The molecule has 4 heteroatoms. The Kier molecular flexibility index (Phi) is 3.21. The van der Waals surface area contributed by atoms with Gasteiger partial charge >= 0.3 is 0 Å². The molecular formula is C18H22N2S2. The molecule has 0 saturated heterocycles. The second-order valence-corrected chi connectivity index (χ2v) is 9.72. The number of hydrogen-bond donors (Lipinski definition) is 1. The van der Waals surface area contributed by atoms with Gasteiger partial charge in [0.25, 0.3) is 0 Å². The number of thiazole rings is 1. The Bertz CT molecular complexity index is 623. The summed E-state index contributed by atoms with van der Waals surface area (Å²) in [5.41, 5.74) is 0.460. The molecule has 0 aliphatic heterocycles. The van der Waals surface area contributed by atoms with Crippen molar-refractivity contribution in [2.24, 2.45) is 17.8 Å². The van der Waals surface area contributed by atoms with Gasteiger partial charge in [-0.1, -0.05) is 6.07 Å². The smallest absolute Gasteiger partial charge is 0.133 e. The number of thiophene rings is 1. The largest absolute Gasteiger partial charge is 0.306 e. The quantitative estimate of drug-likeness (QED) is 0.860. The lowest BCUT2D eigenvalue weighted by Gasteiger charge is -2.57. The van der Waals surface area contributed by atoms with Crippen molar-refractivity contribution in [2.45, 2.75) is 50.6 Å². The standard InChI is InChI=1S/C18H22N2S2/c1-2-16(21-3-1)17-19-10-15(22-17)11-20-18-7-12-4-13(8-18)6-14(5-12)9-18/h1-3,10,12-14,20H,4-9,11H2. The van der Waals surface area contributed by atoms with Gasteiger partial charge < -0.3 is 5.32 Å². The molecule has 0 amide bonds. The van der Waals surface area contributed by atoms with Crippen LogP contribution in [0.5, 0.6) is 0 Å². The van der Waals surface area contributed by atoms with E-state index in [1.165, 1.54) is 53.3 Å². The van der Waals surface area contributed by atoms with Crippen LogP contribution in [0.25, 0.3) is 9.88 Å². The predicted molar refractivity (Wildman–Crippen MR) is 93.2 cm³/mol. The highest BCUT2D eigenvalue weighted by molar-refractivity contribution is 7.20. The van der Waals surface area contributed by atoms with Gasteiger partial charge in [-0.3, -0.25) is 0 Å². The summed E-state index contributed by atoms with van der Waals surface area (Å²) in [5, 5.41) is 7.28. The third-order valence-electron chi connectivity index (χ3n) is 5.96. The van der Waals surface area contributed by atoms with Gasteiger partial charge in [-0.15, -0.1) is 22.7 Å². The van der Waals surface area contributed by atoms with Gasteiger partial charge in [0.1, 0.15) is 5.01 Å². The molecule has 0 unspecified atom stereocenters. The van der Waals surface area contributed by atoms with E-state index in [9.17, 15) is 0 Å². The van der Waals surface area contributed by atoms with Crippen molar-refractivity contribution in [3.63, 3.8) is 0 Å². The maximum Gasteiger partial charge on any atom is 0.133 e. The summed E-state index contributed by atoms with van der Waals surface area (Å²) in [6.07, 6.45) is 10.9. The molecular weight excluding hydrogens is 308 g/mol. The maximum atomic E-state index is 4.61. The number of nitrogens with one attached hydrogen (secondary N) is 1. The first kappa shape index (κ1) is 13.7. The molecule has 0 atom stereocenters. The SMILES string of the molecule is c1csc(-c2ncc(CNC34CC5CC(CC(C5)C3)C4)s2)c1. The molecule has 2 aromatic rings. The Morgan fingerprint density at radius 3 is 2.50 bits per heavy atom. The summed E-state index contributed by atoms with van der Waals surface area (Å²) in [6.45, 7) is 1.01. The first-order chi connectivity index (χ1) is 10.8. The summed E-state index contributed by atoms with van der Waals surface area (Å²) in [4.78, 5) is 7.30. The molecule has 0 radical (unpaired) electrons. The molecule has 4 saturated carbocycles. The van der Waals surface area contributed by atoms with Crippen molar-refractivity contribution in [3.8, 4) is 9.88 Å². The van der Waals surface area contributed by atoms with Crippen molar-refractivity contribution in [3.05, 3.63) is 28.6 Å². The van der Waals surface area contributed by atoms with Gasteiger partial charge in [0.05, 0.1) is 4.88 Å². The number of aromatic nitrogens is 1. The van der Waals surface area contributed by atoms with Crippen molar-refractivity contribution in [1.29, 1.82) is 0 Å². The van der Waals surface area contributed by atoms with Crippen molar-refractivity contribution >= 4 is 22.7 Å². The molecule has 0 aromatic carbocycles. The molecule has 6 rings (SSSR count). The third kappa shape index (κ3) is 2.36. The lowest BCUT2D eigenvalue weighted by atomic mass is 9.53. The fourth-order valence-electron chi connectivity index (χ4n) is 5.51. The van der Waals surface area contributed by atoms with E-state index in [1.807, 2.05) is 11.3 Å². The summed E-state index contributed by atoms with van der Waals surface area (Å²) in [5.74, 6) is 3.05. The van der Waals surface area contributed by atoms with E-state index in [4.69, 9.17) is 0 Å². The van der Waals surface area contributed by atoms with Crippen molar-refractivity contribution < 1.29 is 0 Å². The molecule has 2 heterocycles. The van der Waals surface area contributed by atoms with E-state index in [2.05, 4.69) is 34.0 Å². The lowest BCUT2D eigenvalue weighted by Crippen LogP contribution is -2.58. The van der Waals surface area contributed by atoms with E-state index in [1.54, 1.807) is 11.3 Å². The number of nitrogens with zero attached hydrogens (tertiary/aromatic N) is 1. The third-order valence-corrected chi connectivity index (χ3v) is 8.00. The highest BCUT2D eigenvalue weighted by atomic mass is 32.1. The van der Waals surface area contributed by atoms with Gasteiger partial charge in [0, 0.05) is 23.2 Å². The average Bonchev–Trinajstić information content (AvgIpc) is 3.15. The Balaban J connectivity index is 1.29. The van der Waals surface area contributed by atoms with Crippen LogP contribution in [-0.2, 0) is 6.54 Å². The second-order valence-electron chi connectivity index (χ2n) is 7.66. The van der Waals surface area contributed by atoms with Gasteiger partial charge in [-0.2, -0.15) is 0 Å². The van der Waals surface area contributed by atoms with Crippen LogP contribution in [0, 0.1) is 17.8 Å². The number of hydrogen-bond acceptors (Lipinski definition) is 4. The molecule has 2 nitrogen and oxygen atoms in total. The summed E-state index contributed by atoms with van der Waals surface area (Å²) in [7, 11) is 0. The first-order valence-electron chi connectivity index (χ1n) is 8.52. The maximum absolute atomic E-state index is 4.61. The molecule has 22 heavy (non-hydrogen) atoms. The molecule has 0 spiro atoms. The van der Waals surface area contributed by atoms with Crippen LogP contribution in [0.4, 0.5) is 0 Å². The lowest BCUT2D eigenvalue weighted by molar-refractivity contribution is -0.0204. The first-order valence-corrected chi connectivity index (χ1v) is 10.2. The zero-order chi connectivity index (χ0) is 14.6. The highest BCUT2D eigenvalue weighted by Crippen LogP contribution is 2.55. The topological polar surface area (TPSA) is 24.9 Å². The minimum atomic E-state index is 0.460. The Hall–Kier alpha value is -0.710. The molecule has 4 fully saturated rings. The zero-order valence-electron chi connectivity index (χ0n) is 12.8. The number of rotatable bonds is 4. The summed E-state index contributed by atoms with van der Waals surface area (Å²) >= 11 is 3.64. The molecule has 4 aliphatic rings. The highest BCUT2D eigenvalue weighted by Gasteiger charge is 2.50. The van der Waals surface area contributed by atoms with Gasteiger partial charge in [0.15, 0.2) is 0 Å². The minimum Gasteiger partial charge on any atom is -0.306 e. The van der Waals surface area contributed by atoms with E-state index in [0.29, 0.717) is 5.54 Å². The fraction of sp³-hybridized carbons (Fsp3) is 0.611. The molecule has 2 aromatic heterocycles. The van der Waals surface area contributed by atoms with E-state index < -0.39 is 0 Å². The van der Waals surface area contributed by atoms with Gasteiger partial charge in [-0.25, -0.2) is 4.98 Å². The molecule has 4 bridgehead atoms. The minimum absolute atomic E-state index is 0.460. The van der Waals surface area contributed by atoms with Crippen LogP contribution in [-0.4, -0.2) is 10.5 Å². The van der Waals surface area contributed by atoms with Crippen LogP contribution in [0.3, 0.4) is 0 Å². The van der Waals surface area contributed by atoms with Crippen LogP contribution in [0.15, 0.2) is 23.7 Å². The second kappa shape index (κ2) is 5.15. The summed E-state index contributed by atoms with van der Waals surface area (Å²) in [6, 6.07) is 4.27. The molecule has 1 N–H and O–H groups in total. The average molecular weight is 331 g/mol. The molecule has 116 valence electrons. The predicted octanol–water partition coefficient (Wildman–Crippen LogP) is 4.93. The normalized spacial score (nSPS) is 36.1. The van der Waals surface area contributed by atoms with Crippen LogP contribution < -0.4 is 5.32 Å². The van der Waals surface area contributed by atoms with Gasteiger partial charge in [0.2, 0.25) is 0 Å². The monoisotopic (exact) mass is 330 g/mol. The van der Waals surface area contributed by atoms with E-state index in [0.717, 1.165) is 24.3 Å². The van der Waals surface area contributed by atoms with Crippen LogP contribution in [0.1, 0.15) is 43.4 Å². The van der Waals surface area contributed by atoms with Crippen LogP contribution in [0.2, 0.25) is 0 Å².